The van der Waals surface area contributed by atoms with E-state index in [-0.39, 0.29) is 28.7 Å². The summed E-state index contributed by atoms with van der Waals surface area (Å²) in [6.45, 7) is 1.70. The molecule has 8 nitrogen and oxygen atoms in total. The van der Waals surface area contributed by atoms with Crippen LogP contribution < -0.4 is 10.0 Å². The van der Waals surface area contributed by atoms with Gasteiger partial charge in [0.15, 0.2) is 9.84 Å². The SMILES string of the molecule is CN[C@@H](CC(C)CNS(=O)(=O)c1ccccc1S(C)(=O)=O)C(=O)O. The molecule has 1 aromatic rings. The fourth-order valence-corrected chi connectivity index (χ4v) is 4.93. The van der Waals surface area contributed by atoms with Crippen LogP contribution in [0.5, 0.6) is 0 Å². The highest BCUT2D eigenvalue weighted by Crippen LogP contribution is 2.20. The summed E-state index contributed by atoms with van der Waals surface area (Å²) < 4.78 is 50.6. The molecule has 0 bridgehead atoms. The number of sulfonamides is 1. The molecule has 2 atom stereocenters. The molecule has 136 valence electrons. The number of benzene rings is 1. The molecule has 0 aliphatic carbocycles. The summed E-state index contributed by atoms with van der Waals surface area (Å²) in [4.78, 5) is 10.4. The zero-order valence-electron chi connectivity index (χ0n) is 13.7. The molecular weight excluding hydrogens is 356 g/mol. The lowest BCUT2D eigenvalue weighted by Gasteiger charge is -2.18. The molecule has 24 heavy (non-hydrogen) atoms. The van der Waals surface area contributed by atoms with Crippen LogP contribution in [0, 0.1) is 5.92 Å². The van der Waals surface area contributed by atoms with E-state index in [9.17, 15) is 21.6 Å². The number of nitrogens with one attached hydrogen (secondary N) is 2. The Morgan fingerprint density at radius 3 is 2.17 bits per heavy atom. The second kappa shape index (κ2) is 8.06. The lowest BCUT2D eigenvalue weighted by atomic mass is 10.0. The second-order valence-corrected chi connectivity index (χ2v) is 9.31. The number of aliphatic carboxylic acids is 1. The number of carboxylic acid groups (broad SMARTS) is 1. The Balaban J connectivity index is 2.91. The van der Waals surface area contributed by atoms with Crippen molar-refractivity contribution in [3.8, 4) is 0 Å². The van der Waals surface area contributed by atoms with Gasteiger partial charge in [-0.15, -0.1) is 0 Å². The first-order valence-corrected chi connectivity index (χ1v) is 10.5. The summed E-state index contributed by atoms with van der Waals surface area (Å²) in [6.07, 6.45) is 1.16. The van der Waals surface area contributed by atoms with Crippen LogP contribution in [-0.4, -0.2) is 53.8 Å². The number of rotatable bonds is 9. The van der Waals surface area contributed by atoms with Crippen LogP contribution >= 0.6 is 0 Å². The maximum absolute atomic E-state index is 12.4. The Hall–Kier alpha value is -1.49. The molecule has 10 heteroatoms. The molecule has 3 N–H and O–H groups in total. The van der Waals surface area contributed by atoms with Crippen LogP contribution in [0.15, 0.2) is 34.1 Å². The molecule has 1 rings (SSSR count). The number of carbonyl (C=O) groups is 1. The Morgan fingerprint density at radius 2 is 1.71 bits per heavy atom. The zero-order chi connectivity index (χ0) is 18.5. The van der Waals surface area contributed by atoms with Gasteiger partial charge in [-0.2, -0.15) is 0 Å². The van der Waals surface area contributed by atoms with E-state index in [4.69, 9.17) is 5.11 Å². The van der Waals surface area contributed by atoms with E-state index in [1.165, 1.54) is 31.3 Å². The topological polar surface area (TPSA) is 130 Å². The minimum atomic E-state index is -4.03. The fraction of sp³-hybridized carbons (Fsp3) is 0.500. The van der Waals surface area contributed by atoms with Crippen molar-refractivity contribution in [2.75, 3.05) is 19.8 Å². The molecule has 0 saturated heterocycles. The maximum Gasteiger partial charge on any atom is 0.320 e. The predicted molar refractivity (Wildman–Crippen MR) is 89.0 cm³/mol. The average molecular weight is 378 g/mol. The van der Waals surface area contributed by atoms with Crippen molar-refractivity contribution >= 4 is 25.8 Å². The largest absolute Gasteiger partial charge is 0.480 e. The maximum atomic E-state index is 12.4. The van der Waals surface area contributed by atoms with Gasteiger partial charge in [0.1, 0.15) is 10.9 Å². The van der Waals surface area contributed by atoms with Crippen molar-refractivity contribution in [2.24, 2.45) is 5.92 Å². The highest BCUT2D eigenvalue weighted by Gasteiger charge is 2.25. The molecule has 0 heterocycles. The summed E-state index contributed by atoms with van der Waals surface area (Å²) in [7, 11) is -6.21. The minimum absolute atomic E-state index is 0.00805. The molecule has 0 radical (unpaired) electrons. The van der Waals surface area contributed by atoms with Crippen LogP contribution in [0.1, 0.15) is 13.3 Å². The summed E-state index contributed by atoms with van der Waals surface area (Å²) >= 11 is 0. The van der Waals surface area contributed by atoms with Gasteiger partial charge in [-0.25, -0.2) is 21.6 Å². The third kappa shape index (κ3) is 5.55. The van der Waals surface area contributed by atoms with Crippen LogP contribution in [0.3, 0.4) is 0 Å². The number of likely N-dealkylation sites (N-methyl/N-ethyl adjacent to an activating group) is 1. The van der Waals surface area contributed by atoms with Crippen LogP contribution in [0.4, 0.5) is 0 Å². The lowest BCUT2D eigenvalue weighted by Crippen LogP contribution is -2.38. The van der Waals surface area contributed by atoms with Crippen molar-refractivity contribution in [2.45, 2.75) is 29.2 Å². The number of hydrogen-bond acceptors (Lipinski definition) is 6. The van der Waals surface area contributed by atoms with Crippen molar-refractivity contribution in [3.05, 3.63) is 24.3 Å². The predicted octanol–water partition coefficient (Wildman–Crippen LogP) is 0.0672. The molecule has 0 aliphatic heterocycles. The summed E-state index contributed by atoms with van der Waals surface area (Å²) in [6, 6.07) is 4.55. The van der Waals surface area contributed by atoms with Crippen LogP contribution in [-0.2, 0) is 24.7 Å². The third-order valence-electron chi connectivity index (χ3n) is 3.44. The Bertz CT molecular complexity index is 789. The molecular formula is C14H22N2O6S2. The Morgan fingerprint density at radius 1 is 1.17 bits per heavy atom. The second-order valence-electron chi connectivity index (χ2n) is 5.59. The molecule has 1 unspecified atom stereocenters. The number of sulfone groups is 1. The van der Waals surface area contributed by atoms with Gasteiger partial charge in [0.25, 0.3) is 0 Å². The summed E-state index contributed by atoms with van der Waals surface area (Å²) in [5, 5.41) is 11.6. The van der Waals surface area contributed by atoms with E-state index in [0.29, 0.717) is 0 Å². The van der Waals surface area contributed by atoms with Gasteiger partial charge >= 0.3 is 5.97 Å². The molecule has 0 amide bonds. The number of hydrogen-bond donors (Lipinski definition) is 3. The summed E-state index contributed by atoms with van der Waals surface area (Å²) in [5.74, 6) is -1.28. The summed E-state index contributed by atoms with van der Waals surface area (Å²) in [5.41, 5.74) is 0. The minimum Gasteiger partial charge on any atom is -0.480 e. The molecule has 0 aliphatic rings. The van der Waals surface area contributed by atoms with Crippen molar-refractivity contribution in [1.82, 2.24) is 10.0 Å². The standard InChI is InChI=1S/C14H22N2O6S2/c1-10(8-11(15-2)14(17)18)9-16-24(21,22)13-7-5-4-6-12(13)23(3,19)20/h4-7,10-11,15-16H,8-9H2,1-3H3,(H,17,18)/t10?,11-/m0/s1. The van der Waals surface area contributed by atoms with E-state index in [2.05, 4.69) is 10.0 Å². The van der Waals surface area contributed by atoms with Gasteiger partial charge in [0.05, 0.1) is 4.90 Å². The fourth-order valence-electron chi connectivity index (χ4n) is 2.14. The first-order valence-electron chi connectivity index (χ1n) is 7.18. The zero-order valence-corrected chi connectivity index (χ0v) is 15.3. The van der Waals surface area contributed by atoms with Gasteiger partial charge in [-0.1, -0.05) is 19.1 Å². The van der Waals surface area contributed by atoms with E-state index >= 15 is 0 Å². The Kier molecular flexibility index (Phi) is 6.90. The van der Waals surface area contributed by atoms with E-state index in [0.717, 1.165) is 6.26 Å². The van der Waals surface area contributed by atoms with Gasteiger partial charge in [-0.3, -0.25) is 4.79 Å². The third-order valence-corrected chi connectivity index (χ3v) is 6.21. The highest BCUT2D eigenvalue weighted by atomic mass is 32.2. The molecule has 1 aromatic carbocycles. The average Bonchev–Trinajstić information content (AvgIpc) is 2.49. The quantitative estimate of drug-likeness (QED) is 0.554. The smallest absolute Gasteiger partial charge is 0.320 e. The van der Waals surface area contributed by atoms with E-state index in [1.807, 2.05) is 0 Å². The molecule has 0 fully saturated rings. The highest BCUT2D eigenvalue weighted by molar-refractivity contribution is 7.93. The first-order chi connectivity index (χ1) is 11.0. The van der Waals surface area contributed by atoms with Crippen molar-refractivity contribution in [3.63, 3.8) is 0 Å². The van der Waals surface area contributed by atoms with E-state index in [1.54, 1.807) is 6.92 Å². The molecule has 0 spiro atoms. The first kappa shape index (κ1) is 20.6. The normalized spacial score (nSPS) is 15.0. The molecule has 0 saturated carbocycles. The van der Waals surface area contributed by atoms with E-state index < -0.39 is 31.9 Å². The van der Waals surface area contributed by atoms with Crippen LogP contribution in [0.2, 0.25) is 0 Å². The monoisotopic (exact) mass is 378 g/mol. The Labute approximate surface area is 142 Å². The van der Waals surface area contributed by atoms with Gasteiger partial charge < -0.3 is 10.4 Å². The van der Waals surface area contributed by atoms with Gasteiger partial charge in [-0.05, 0) is 31.5 Å². The van der Waals surface area contributed by atoms with Crippen molar-refractivity contribution < 1.29 is 26.7 Å². The van der Waals surface area contributed by atoms with Gasteiger partial charge in [0, 0.05) is 12.8 Å². The number of carboxylic acids is 1. The van der Waals surface area contributed by atoms with Crippen molar-refractivity contribution in [1.29, 1.82) is 0 Å². The van der Waals surface area contributed by atoms with Gasteiger partial charge in [0.2, 0.25) is 10.0 Å². The lowest BCUT2D eigenvalue weighted by molar-refractivity contribution is -0.139. The molecule has 0 aromatic heterocycles. The van der Waals surface area contributed by atoms with Crippen LogP contribution in [0.25, 0.3) is 0 Å².